The van der Waals surface area contributed by atoms with Crippen LogP contribution in [0.1, 0.15) is 23.8 Å². The smallest absolute Gasteiger partial charge is 0.304 e. The van der Waals surface area contributed by atoms with Gasteiger partial charge in [0, 0.05) is 6.54 Å². The van der Waals surface area contributed by atoms with Gasteiger partial charge in [0.15, 0.2) is 0 Å². The van der Waals surface area contributed by atoms with E-state index < -0.39 is 13.4 Å². The standard InChI is InChI=1S/C17H20NO3P/c1-14-13-20-22(19,21-14)17(16-10-6-3-7-11-16)18-12-15-8-4-2-5-9-15/h2-11,14,17-18H,12-13H2,1H3/t14-,17+,22+/m1/s1. The molecule has 0 radical (unpaired) electrons. The van der Waals surface area contributed by atoms with Crippen LogP contribution < -0.4 is 5.32 Å². The molecule has 1 heterocycles. The van der Waals surface area contributed by atoms with Gasteiger partial charge in [0.1, 0.15) is 5.78 Å². The molecule has 3 rings (SSSR count). The molecule has 1 saturated heterocycles. The normalized spacial score (nSPS) is 26.0. The first-order valence-electron chi connectivity index (χ1n) is 7.42. The monoisotopic (exact) mass is 317 g/mol. The fraction of sp³-hybridized carbons (Fsp3) is 0.294. The van der Waals surface area contributed by atoms with Gasteiger partial charge in [0.2, 0.25) is 0 Å². The minimum Gasteiger partial charge on any atom is -0.304 e. The van der Waals surface area contributed by atoms with Gasteiger partial charge in [0.05, 0.1) is 12.7 Å². The quantitative estimate of drug-likeness (QED) is 0.843. The lowest BCUT2D eigenvalue weighted by molar-refractivity contribution is 0.253. The Bertz CT molecular complexity index is 647. The molecule has 1 aliphatic rings. The second kappa shape index (κ2) is 6.76. The molecule has 3 atom stereocenters. The summed E-state index contributed by atoms with van der Waals surface area (Å²) in [6.07, 6.45) is -0.143. The molecule has 0 amide bonds. The molecular formula is C17H20NO3P. The predicted octanol–water partition coefficient (Wildman–Crippen LogP) is 4.10. The van der Waals surface area contributed by atoms with Crippen molar-refractivity contribution in [1.82, 2.24) is 5.32 Å². The van der Waals surface area contributed by atoms with Crippen LogP contribution in [0.2, 0.25) is 0 Å². The molecule has 5 heteroatoms. The van der Waals surface area contributed by atoms with Crippen LogP contribution in [-0.2, 0) is 20.2 Å². The van der Waals surface area contributed by atoms with Crippen molar-refractivity contribution in [2.75, 3.05) is 6.61 Å². The van der Waals surface area contributed by atoms with Crippen molar-refractivity contribution in [2.24, 2.45) is 0 Å². The topological polar surface area (TPSA) is 47.6 Å². The Hall–Kier alpha value is -1.45. The molecule has 4 nitrogen and oxygen atoms in total. The van der Waals surface area contributed by atoms with Crippen LogP contribution in [0, 0.1) is 0 Å². The minimum atomic E-state index is -3.21. The van der Waals surface area contributed by atoms with E-state index in [0.29, 0.717) is 13.2 Å². The van der Waals surface area contributed by atoms with Gasteiger partial charge in [-0.15, -0.1) is 0 Å². The van der Waals surface area contributed by atoms with Gasteiger partial charge in [-0.1, -0.05) is 60.7 Å². The van der Waals surface area contributed by atoms with Crippen LogP contribution in [0.15, 0.2) is 60.7 Å². The highest BCUT2D eigenvalue weighted by Crippen LogP contribution is 2.63. The summed E-state index contributed by atoms with van der Waals surface area (Å²) in [5, 5.41) is 3.34. The van der Waals surface area contributed by atoms with Gasteiger partial charge in [0.25, 0.3) is 0 Å². The number of hydrogen-bond donors (Lipinski definition) is 1. The molecular weight excluding hydrogens is 297 g/mol. The molecule has 0 bridgehead atoms. The lowest BCUT2D eigenvalue weighted by atomic mass is 10.2. The van der Waals surface area contributed by atoms with Gasteiger partial charge in [-0.05, 0) is 18.1 Å². The average molecular weight is 317 g/mol. The second-order valence-corrected chi connectivity index (χ2v) is 7.50. The molecule has 0 unspecified atom stereocenters. The molecule has 0 spiro atoms. The summed E-state index contributed by atoms with van der Waals surface area (Å²) in [6.45, 7) is 2.85. The largest absolute Gasteiger partial charge is 0.352 e. The van der Waals surface area contributed by atoms with Crippen molar-refractivity contribution in [2.45, 2.75) is 25.4 Å². The van der Waals surface area contributed by atoms with Crippen molar-refractivity contribution in [3.05, 3.63) is 71.8 Å². The Morgan fingerprint density at radius 1 is 1.14 bits per heavy atom. The van der Waals surface area contributed by atoms with Crippen LogP contribution in [0.3, 0.4) is 0 Å². The third-order valence-corrected chi connectivity index (χ3v) is 5.87. The number of benzene rings is 2. The first-order chi connectivity index (χ1) is 10.7. The van der Waals surface area contributed by atoms with Gasteiger partial charge in [-0.3, -0.25) is 9.88 Å². The molecule has 1 aliphatic heterocycles. The van der Waals surface area contributed by atoms with Gasteiger partial charge >= 0.3 is 7.60 Å². The SMILES string of the molecule is C[C@@H]1CO[P@@](=O)([C@H](NCc2ccccc2)c2ccccc2)O1. The summed E-state index contributed by atoms with van der Waals surface area (Å²) in [5.41, 5.74) is 2.04. The van der Waals surface area contributed by atoms with Crippen molar-refractivity contribution in [3.8, 4) is 0 Å². The number of hydrogen-bond acceptors (Lipinski definition) is 4. The summed E-state index contributed by atoms with van der Waals surface area (Å²) < 4.78 is 24.2. The Balaban J connectivity index is 1.82. The molecule has 22 heavy (non-hydrogen) atoms. The van der Waals surface area contributed by atoms with E-state index in [4.69, 9.17) is 9.05 Å². The highest BCUT2D eigenvalue weighted by atomic mass is 31.2. The first kappa shape index (κ1) is 15.4. The fourth-order valence-corrected chi connectivity index (χ4v) is 4.68. The molecule has 1 N–H and O–H groups in total. The van der Waals surface area contributed by atoms with Crippen molar-refractivity contribution in [3.63, 3.8) is 0 Å². The zero-order valence-electron chi connectivity index (χ0n) is 12.5. The highest BCUT2D eigenvalue weighted by molar-refractivity contribution is 7.54. The Kier molecular flexibility index (Phi) is 4.74. The van der Waals surface area contributed by atoms with E-state index in [1.165, 1.54) is 0 Å². The van der Waals surface area contributed by atoms with E-state index in [1.807, 2.05) is 67.6 Å². The van der Waals surface area contributed by atoms with Gasteiger partial charge < -0.3 is 9.05 Å². The molecule has 1 fully saturated rings. The van der Waals surface area contributed by atoms with Gasteiger partial charge in [-0.2, -0.15) is 0 Å². The number of nitrogens with one attached hydrogen (secondary N) is 1. The van der Waals surface area contributed by atoms with E-state index in [-0.39, 0.29) is 6.10 Å². The first-order valence-corrected chi connectivity index (χ1v) is 9.03. The van der Waals surface area contributed by atoms with Crippen LogP contribution in [-0.4, -0.2) is 12.7 Å². The lowest BCUT2D eigenvalue weighted by Crippen LogP contribution is -2.21. The zero-order valence-corrected chi connectivity index (χ0v) is 13.4. The van der Waals surface area contributed by atoms with E-state index in [9.17, 15) is 4.57 Å². The molecule has 2 aromatic carbocycles. The van der Waals surface area contributed by atoms with Crippen molar-refractivity contribution in [1.29, 1.82) is 0 Å². The Labute approximate surface area is 131 Å². The molecule has 0 aromatic heterocycles. The number of rotatable bonds is 5. The zero-order chi connectivity index (χ0) is 15.4. The lowest BCUT2D eigenvalue weighted by Gasteiger charge is -2.24. The van der Waals surface area contributed by atoms with Crippen LogP contribution in [0.5, 0.6) is 0 Å². The van der Waals surface area contributed by atoms with Crippen LogP contribution >= 0.6 is 7.60 Å². The molecule has 2 aromatic rings. The van der Waals surface area contributed by atoms with Crippen molar-refractivity contribution >= 4 is 7.60 Å². The molecule has 116 valence electrons. The summed E-state index contributed by atoms with van der Waals surface area (Å²) in [5.74, 6) is -0.459. The predicted molar refractivity (Wildman–Crippen MR) is 86.6 cm³/mol. The average Bonchev–Trinajstić information content (AvgIpc) is 2.89. The Morgan fingerprint density at radius 3 is 2.36 bits per heavy atom. The maximum Gasteiger partial charge on any atom is 0.352 e. The van der Waals surface area contributed by atoms with E-state index >= 15 is 0 Å². The summed E-state index contributed by atoms with van der Waals surface area (Å²) in [7, 11) is -3.21. The second-order valence-electron chi connectivity index (χ2n) is 5.43. The van der Waals surface area contributed by atoms with E-state index in [0.717, 1.165) is 11.1 Å². The molecule has 0 saturated carbocycles. The third-order valence-electron chi connectivity index (χ3n) is 3.59. The van der Waals surface area contributed by atoms with Crippen LogP contribution in [0.4, 0.5) is 0 Å². The summed E-state index contributed by atoms with van der Waals surface area (Å²) in [6, 6.07) is 19.7. The maximum atomic E-state index is 13.0. The van der Waals surface area contributed by atoms with Crippen molar-refractivity contribution < 1.29 is 13.6 Å². The third kappa shape index (κ3) is 3.47. The van der Waals surface area contributed by atoms with Gasteiger partial charge in [-0.25, -0.2) is 0 Å². The van der Waals surface area contributed by atoms with Crippen LogP contribution in [0.25, 0.3) is 0 Å². The minimum absolute atomic E-state index is 0.143. The summed E-state index contributed by atoms with van der Waals surface area (Å²) in [4.78, 5) is 0. The summed E-state index contributed by atoms with van der Waals surface area (Å²) >= 11 is 0. The Morgan fingerprint density at radius 2 is 1.77 bits per heavy atom. The fourth-order valence-electron chi connectivity index (χ4n) is 2.51. The molecule has 0 aliphatic carbocycles. The highest BCUT2D eigenvalue weighted by Gasteiger charge is 2.43. The van der Waals surface area contributed by atoms with E-state index in [2.05, 4.69) is 5.32 Å². The van der Waals surface area contributed by atoms with E-state index in [1.54, 1.807) is 0 Å². The maximum absolute atomic E-state index is 13.0.